The lowest BCUT2D eigenvalue weighted by Gasteiger charge is -2.23. The molecule has 1 aromatic rings. The summed E-state index contributed by atoms with van der Waals surface area (Å²) in [4.78, 5) is 24.3. The maximum Gasteiger partial charge on any atom is 0.319 e. The van der Waals surface area contributed by atoms with Crippen LogP contribution in [0.25, 0.3) is 0 Å². The summed E-state index contributed by atoms with van der Waals surface area (Å²) in [5.41, 5.74) is 1.30. The smallest absolute Gasteiger partial charge is 0.319 e. The van der Waals surface area contributed by atoms with Crippen LogP contribution in [0.2, 0.25) is 0 Å². The van der Waals surface area contributed by atoms with Crippen molar-refractivity contribution in [3.8, 4) is 0 Å². The third-order valence-electron chi connectivity index (χ3n) is 6.58. The molecule has 0 heterocycles. The number of carbonyl (C=O) groups is 2. The molecule has 5 nitrogen and oxygen atoms in total. The van der Waals surface area contributed by atoms with Gasteiger partial charge in [0.25, 0.3) is 0 Å². The van der Waals surface area contributed by atoms with Crippen molar-refractivity contribution < 1.29 is 14.7 Å². The van der Waals surface area contributed by atoms with Crippen LogP contribution >= 0.6 is 0 Å². The van der Waals surface area contributed by atoms with Gasteiger partial charge in [0.2, 0.25) is 5.91 Å². The van der Waals surface area contributed by atoms with E-state index in [0.29, 0.717) is 32.4 Å². The summed E-state index contributed by atoms with van der Waals surface area (Å²) in [6.45, 7) is 5.45. The van der Waals surface area contributed by atoms with Crippen LogP contribution in [0.15, 0.2) is 24.3 Å². The van der Waals surface area contributed by atoms with Gasteiger partial charge in [-0.1, -0.05) is 76.6 Å². The van der Waals surface area contributed by atoms with Gasteiger partial charge in [0.15, 0.2) is 0 Å². The first-order chi connectivity index (χ1) is 15.0. The molecule has 2 atom stereocenters. The van der Waals surface area contributed by atoms with E-state index in [9.17, 15) is 14.7 Å². The third kappa shape index (κ3) is 7.95. The van der Waals surface area contributed by atoms with E-state index in [1.165, 1.54) is 56.1 Å². The van der Waals surface area contributed by atoms with Gasteiger partial charge < -0.3 is 15.7 Å². The van der Waals surface area contributed by atoms with E-state index >= 15 is 0 Å². The molecule has 1 aliphatic carbocycles. The Hall–Kier alpha value is -1.88. The zero-order chi connectivity index (χ0) is 22.5. The van der Waals surface area contributed by atoms with E-state index in [0.717, 1.165) is 12.8 Å². The number of aryl methyl sites for hydroxylation is 1. The van der Waals surface area contributed by atoms with Gasteiger partial charge in [-0.15, -0.1) is 0 Å². The molecule has 1 saturated carbocycles. The van der Waals surface area contributed by atoms with Crippen LogP contribution in [0, 0.1) is 5.41 Å². The fraction of sp³-hybridized carbons (Fsp3) is 0.692. The van der Waals surface area contributed by atoms with Crippen molar-refractivity contribution >= 4 is 11.9 Å². The normalized spacial score (nSPS) is 20.6. The molecule has 2 rings (SSSR count). The molecule has 0 aliphatic heterocycles. The average molecular weight is 431 g/mol. The Balaban J connectivity index is 1.73. The summed E-state index contributed by atoms with van der Waals surface area (Å²) >= 11 is 0. The number of unbranched alkanes of at least 4 members (excludes halogenated alkanes) is 6. The number of benzene rings is 1. The molecule has 5 heteroatoms. The summed E-state index contributed by atoms with van der Waals surface area (Å²) in [5, 5.41) is 16.0. The Morgan fingerprint density at radius 1 is 0.968 bits per heavy atom. The molecule has 0 spiro atoms. The molecular weight excluding hydrogens is 388 g/mol. The van der Waals surface area contributed by atoms with Gasteiger partial charge in [-0.3, -0.25) is 9.59 Å². The molecule has 31 heavy (non-hydrogen) atoms. The Labute approximate surface area is 188 Å². The highest BCUT2D eigenvalue weighted by Crippen LogP contribution is 2.39. The Kier molecular flexibility index (Phi) is 11.1. The second kappa shape index (κ2) is 13.5. The summed E-state index contributed by atoms with van der Waals surface area (Å²) in [6, 6.07) is 8.80. The van der Waals surface area contributed by atoms with Gasteiger partial charge in [-0.2, -0.15) is 0 Å². The van der Waals surface area contributed by atoms with Crippen LogP contribution in [-0.2, 0) is 22.6 Å². The number of rotatable bonds is 15. The first-order valence-corrected chi connectivity index (χ1v) is 12.3. The molecule has 3 N–H and O–H groups in total. The molecule has 0 bridgehead atoms. The van der Waals surface area contributed by atoms with Gasteiger partial charge >= 0.3 is 5.97 Å². The Morgan fingerprint density at radius 2 is 1.61 bits per heavy atom. The van der Waals surface area contributed by atoms with Gasteiger partial charge in [0.1, 0.15) is 5.41 Å². The first kappa shape index (κ1) is 25.4. The van der Waals surface area contributed by atoms with E-state index in [-0.39, 0.29) is 11.9 Å². The molecule has 2 unspecified atom stereocenters. The molecule has 0 aromatic heterocycles. The van der Waals surface area contributed by atoms with Crippen molar-refractivity contribution in [2.75, 3.05) is 6.54 Å². The number of amides is 1. The first-order valence-electron chi connectivity index (χ1n) is 12.3. The maximum absolute atomic E-state index is 12.5. The largest absolute Gasteiger partial charge is 0.480 e. The average Bonchev–Trinajstić information content (AvgIpc) is 3.22. The quantitative estimate of drug-likeness (QED) is 0.263. The molecular formula is C26H42N2O3. The minimum atomic E-state index is -1.28. The van der Waals surface area contributed by atoms with E-state index in [1.807, 2.05) is 6.92 Å². The zero-order valence-corrected chi connectivity index (χ0v) is 19.5. The molecule has 0 saturated heterocycles. The fourth-order valence-electron chi connectivity index (χ4n) is 4.50. The van der Waals surface area contributed by atoms with Crippen molar-refractivity contribution in [1.29, 1.82) is 0 Å². The van der Waals surface area contributed by atoms with E-state index in [1.54, 1.807) is 0 Å². The van der Waals surface area contributed by atoms with Gasteiger partial charge in [0, 0.05) is 19.1 Å². The lowest BCUT2D eigenvalue weighted by atomic mass is 9.85. The third-order valence-corrected chi connectivity index (χ3v) is 6.58. The number of carboxylic acids is 1. The van der Waals surface area contributed by atoms with Crippen molar-refractivity contribution in [2.24, 2.45) is 5.41 Å². The van der Waals surface area contributed by atoms with Crippen molar-refractivity contribution in [3.05, 3.63) is 35.4 Å². The van der Waals surface area contributed by atoms with Crippen molar-refractivity contribution in [3.63, 3.8) is 0 Å². The molecule has 1 aromatic carbocycles. The predicted molar refractivity (Wildman–Crippen MR) is 126 cm³/mol. The molecule has 1 fully saturated rings. The van der Waals surface area contributed by atoms with Gasteiger partial charge in [-0.05, 0) is 49.7 Å². The summed E-state index contributed by atoms with van der Waals surface area (Å²) < 4.78 is 0. The van der Waals surface area contributed by atoms with Crippen molar-refractivity contribution in [1.82, 2.24) is 10.6 Å². The van der Waals surface area contributed by atoms with Crippen LogP contribution in [0.1, 0.15) is 95.6 Å². The lowest BCUT2D eigenvalue weighted by molar-refractivity contribution is -0.155. The monoisotopic (exact) mass is 430 g/mol. The Bertz CT molecular complexity index is 674. The van der Waals surface area contributed by atoms with Crippen molar-refractivity contribution in [2.45, 2.75) is 103 Å². The molecule has 1 amide bonds. The summed E-state index contributed by atoms with van der Waals surface area (Å²) in [6.07, 6.45) is 12.7. The standard InChI is InChI=1S/C26H42N2O3/c1-3-5-6-7-8-9-10-11-21-12-14-22(15-13-21)20-28-23-16-17-26(19-23,25(30)31)24(29)27-18-4-2/h12-15,23,28H,3-11,16-20H2,1-2H3,(H,27,29)(H,30,31). The van der Waals surface area contributed by atoms with Crippen LogP contribution in [0.3, 0.4) is 0 Å². The highest BCUT2D eigenvalue weighted by Gasteiger charge is 2.51. The second-order valence-corrected chi connectivity index (χ2v) is 9.15. The SMILES string of the molecule is CCCCCCCCCc1ccc(CNC2CCC(C(=O)O)(C(=O)NCCC)C2)cc1. The number of nitrogens with one attached hydrogen (secondary N) is 2. The molecule has 1 aliphatic rings. The summed E-state index contributed by atoms with van der Waals surface area (Å²) in [5.74, 6) is -1.33. The number of carboxylic acid groups (broad SMARTS) is 1. The van der Waals surface area contributed by atoms with E-state index in [2.05, 4.69) is 41.8 Å². The second-order valence-electron chi connectivity index (χ2n) is 9.15. The van der Waals surface area contributed by atoms with Gasteiger partial charge in [-0.25, -0.2) is 0 Å². The molecule has 174 valence electrons. The number of carbonyl (C=O) groups excluding carboxylic acids is 1. The van der Waals surface area contributed by atoms with E-state index in [4.69, 9.17) is 0 Å². The number of hydrogen-bond acceptors (Lipinski definition) is 3. The summed E-state index contributed by atoms with van der Waals surface area (Å²) in [7, 11) is 0. The fourth-order valence-corrected chi connectivity index (χ4v) is 4.50. The topological polar surface area (TPSA) is 78.4 Å². The van der Waals surface area contributed by atoms with Crippen LogP contribution in [0.4, 0.5) is 0 Å². The zero-order valence-electron chi connectivity index (χ0n) is 19.5. The highest BCUT2D eigenvalue weighted by atomic mass is 16.4. The van der Waals surface area contributed by atoms with Crippen LogP contribution in [0.5, 0.6) is 0 Å². The van der Waals surface area contributed by atoms with Crippen LogP contribution < -0.4 is 10.6 Å². The minimum Gasteiger partial charge on any atom is -0.480 e. The minimum absolute atomic E-state index is 0.0517. The highest BCUT2D eigenvalue weighted by molar-refractivity contribution is 6.02. The predicted octanol–water partition coefficient (Wildman–Crippen LogP) is 5.22. The maximum atomic E-state index is 12.5. The number of hydrogen-bond donors (Lipinski definition) is 3. The van der Waals surface area contributed by atoms with E-state index < -0.39 is 11.4 Å². The number of aliphatic carboxylic acids is 1. The Morgan fingerprint density at radius 3 is 2.26 bits per heavy atom. The lowest BCUT2D eigenvalue weighted by Crippen LogP contribution is -2.46. The van der Waals surface area contributed by atoms with Crippen LogP contribution in [-0.4, -0.2) is 29.6 Å². The van der Waals surface area contributed by atoms with Gasteiger partial charge in [0.05, 0.1) is 0 Å². The molecule has 0 radical (unpaired) electrons.